The third-order valence-electron chi connectivity index (χ3n) is 5.50. The van der Waals surface area contributed by atoms with Crippen LogP contribution in [-0.4, -0.2) is 72.9 Å². The number of carboxylic acids is 1. The van der Waals surface area contributed by atoms with E-state index in [2.05, 4.69) is 10.3 Å². The van der Waals surface area contributed by atoms with Crippen LogP contribution in [0.4, 0.5) is 0 Å². The smallest absolute Gasteiger partial charge is 0.323 e. The molecule has 14 heteroatoms. The fourth-order valence-corrected chi connectivity index (χ4v) is 4.81. The van der Waals surface area contributed by atoms with Gasteiger partial charge in [-0.15, -0.1) is 0 Å². The van der Waals surface area contributed by atoms with Crippen LogP contribution in [0.5, 0.6) is 5.75 Å². The van der Waals surface area contributed by atoms with E-state index in [0.29, 0.717) is 35.1 Å². The molecular formula is C24H28N6O7S. The summed E-state index contributed by atoms with van der Waals surface area (Å²) in [6.07, 6.45) is 2.03. The number of fused-ring (bicyclic) bond motifs is 1. The zero-order chi connectivity index (χ0) is 27.9. The van der Waals surface area contributed by atoms with Crippen LogP contribution in [0.3, 0.4) is 0 Å². The zero-order valence-electron chi connectivity index (χ0n) is 20.5. The second kappa shape index (κ2) is 12.2. The van der Waals surface area contributed by atoms with Crippen molar-refractivity contribution in [2.45, 2.75) is 17.4 Å². The van der Waals surface area contributed by atoms with Gasteiger partial charge in [0.25, 0.3) is 11.5 Å². The summed E-state index contributed by atoms with van der Waals surface area (Å²) in [6, 6.07) is 11.5. The van der Waals surface area contributed by atoms with Gasteiger partial charge in [-0.05, 0) is 30.3 Å². The van der Waals surface area contributed by atoms with Crippen LogP contribution in [0.15, 0.2) is 75.5 Å². The zero-order valence-corrected chi connectivity index (χ0v) is 21.3. The molecule has 3 aromatic rings. The summed E-state index contributed by atoms with van der Waals surface area (Å²) < 4.78 is 33.2. The number of hydrogen-bond donors (Lipinski definition) is 4. The minimum absolute atomic E-state index is 0.00943. The number of amides is 1. The number of benzene rings is 1. The molecule has 0 aliphatic heterocycles. The molecule has 13 nitrogen and oxygen atoms in total. The Morgan fingerprint density at radius 3 is 2.53 bits per heavy atom. The van der Waals surface area contributed by atoms with E-state index in [0.717, 1.165) is 13.1 Å². The van der Waals surface area contributed by atoms with Crippen molar-refractivity contribution in [2.24, 2.45) is 16.5 Å². The lowest BCUT2D eigenvalue weighted by molar-refractivity contribution is -0.140. The lowest BCUT2D eigenvalue weighted by Crippen LogP contribution is -2.49. The first-order valence-corrected chi connectivity index (χ1v) is 12.8. The first-order chi connectivity index (χ1) is 18.0. The van der Waals surface area contributed by atoms with Crippen LogP contribution in [-0.2, 0) is 14.8 Å². The van der Waals surface area contributed by atoms with Gasteiger partial charge in [0.15, 0.2) is 5.96 Å². The van der Waals surface area contributed by atoms with Crippen LogP contribution >= 0.6 is 0 Å². The molecule has 6 N–H and O–H groups in total. The van der Waals surface area contributed by atoms with Crippen molar-refractivity contribution in [3.05, 3.63) is 76.7 Å². The van der Waals surface area contributed by atoms with Gasteiger partial charge in [-0.3, -0.25) is 23.8 Å². The molecule has 0 aliphatic carbocycles. The number of nitrogens with one attached hydrogen (secondary N) is 1. The number of guanidine groups is 1. The number of carbonyl (C=O) groups excluding carboxylic acids is 1. The molecule has 202 valence electrons. The summed E-state index contributed by atoms with van der Waals surface area (Å²) in [5, 5.41) is 12.0. The summed E-state index contributed by atoms with van der Waals surface area (Å²) >= 11 is 0. The summed E-state index contributed by atoms with van der Waals surface area (Å²) in [7, 11) is -3.01. The Morgan fingerprint density at radius 1 is 1.16 bits per heavy atom. The third-order valence-corrected chi connectivity index (χ3v) is 7.38. The first-order valence-electron chi connectivity index (χ1n) is 11.4. The van der Waals surface area contributed by atoms with E-state index in [4.69, 9.17) is 16.2 Å². The van der Waals surface area contributed by atoms with E-state index in [-0.39, 0.29) is 16.4 Å². The van der Waals surface area contributed by atoms with Crippen molar-refractivity contribution in [3.63, 3.8) is 0 Å². The largest absolute Gasteiger partial charge is 0.492 e. The Morgan fingerprint density at radius 2 is 1.87 bits per heavy atom. The number of ether oxygens (including phenoxy) is 1. The second-order valence-electron chi connectivity index (χ2n) is 8.15. The summed E-state index contributed by atoms with van der Waals surface area (Å²) in [5.41, 5.74) is 10.4. The van der Waals surface area contributed by atoms with Gasteiger partial charge in [0.05, 0.1) is 17.7 Å². The highest BCUT2D eigenvalue weighted by molar-refractivity contribution is 7.89. The second-order valence-corrected chi connectivity index (χ2v) is 10.1. The predicted octanol–water partition coefficient (Wildman–Crippen LogP) is -0.154. The van der Waals surface area contributed by atoms with E-state index in [9.17, 15) is 27.9 Å². The summed E-state index contributed by atoms with van der Waals surface area (Å²) in [4.78, 5) is 41.0. The van der Waals surface area contributed by atoms with Crippen LogP contribution in [0.1, 0.15) is 16.8 Å². The van der Waals surface area contributed by atoms with Gasteiger partial charge >= 0.3 is 5.97 Å². The molecule has 3 rings (SSSR count). The van der Waals surface area contributed by atoms with Gasteiger partial charge in [0, 0.05) is 43.7 Å². The highest BCUT2D eigenvalue weighted by Gasteiger charge is 2.33. The molecule has 1 aromatic carbocycles. The monoisotopic (exact) mass is 544 g/mol. The number of carboxylic acid groups (broad SMARTS) is 1. The van der Waals surface area contributed by atoms with Crippen LogP contribution in [0.25, 0.3) is 5.52 Å². The van der Waals surface area contributed by atoms with Crippen molar-refractivity contribution >= 4 is 33.4 Å². The molecule has 2 aromatic heterocycles. The molecule has 0 bridgehead atoms. The van der Waals surface area contributed by atoms with E-state index < -0.39 is 40.0 Å². The van der Waals surface area contributed by atoms with E-state index >= 15 is 0 Å². The Hall–Kier alpha value is -4.43. The quantitative estimate of drug-likeness (QED) is 0.136. The lowest BCUT2D eigenvalue weighted by Gasteiger charge is -2.24. The summed E-state index contributed by atoms with van der Waals surface area (Å²) in [5.74, 6) is -1.77. The molecular weight excluding hydrogens is 516 g/mol. The molecule has 0 saturated carbocycles. The molecule has 38 heavy (non-hydrogen) atoms. The van der Waals surface area contributed by atoms with Crippen molar-refractivity contribution < 1.29 is 27.9 Å². The number of likely N-dealkylation sites (N-methyl/N-ethyl adjacent to an activating group) is 1. The van der Waals surface area contributed by atoms with Crippen LogP contribution < -0.4 is 27.1 Å². The lowest BCUT2D eigenvalue weighted by atomic mass is 10.2. The number of pyridine rings is 2. The van der Waals surface area contributed by atoms with Crippen molar-refractivity contribution in [1.29, 1.82) is 0 Å². The highest BCUT2D eigenvalue weighted by atomic mass is 32.2. The Kier molecular flexibility index (Phi) is 9.04. The topological polar surface area (TPSA) is 199 Å². The molecule has 0 spiro atoms. The Balaban J connectivity index is 1.70. The molecule has 0 aliphatic rings. The average Bonchev–Trinajstić information content (AvgIpc) is 2.88. The number of carbonyl (C=O) groups is 2. The SMILES string of the molecule is CN([C@@H](CNC(=O)c1cc(=O)n2cc(OCCCN=C(N)N)ccc2c1)C(=O)O)S(=O)(=O)c1ccccc1. The van der Waals surface area contributed by atoms with Crippen LogP contribution in [0.2, 0.25) is 0 Å². The third kappa shape index (κ3) is 6.86. The van der Waals surface area contributed by atoms with Gasteiger partial charge in [-0.1, -0.05) is 18.2 Å². The van der Waals surface area contributed by atoms with Gasteiger partial charge in [0.2, 0.25) is 10.0 Å². The minimum Gasteiger partial charge on any atom is -0.492 e. The standard InChI is InChI=1S/C24H28N6O7S/c1-29(38(35,36)19-6-3-2-4-7-19)20(23(33)34)14-28-22(32)16-12-17-8-9-18(15-30(17)21(31)13-16)37-11-5-10-27-24(25)26/h2-4,6-9,12-13,15,20H,5,10-11,14H2,1H3,(H,28,32)(H,33,34)(H4,25,26,27)/t20-/m0/s1. The molecule has 0 saturated heterocycles. The number of nitrogens with zero attached hydrogens (tertiary/aromatic N) is 3. The first kappa shape index (κ1) is 28.1. The van der Waals surface area contributed by atoms with Crippen LogP contribution in [0, 0.1) is 0 Å². The highest BCUT2D eigenvalue weighted by Crippen LogP contribution is 2.17. The van der Waals surface area contributed by atoms with E-state index in [1.807, 2.05) is 0 Å². The number of aliphatic carboxylic acids is 1. The maximum atomic E-state index is 12.8. The average molecular weight is 545 g/mol. The fourth-order valence-electron chi connectivity index (χ4n) is 3.47. The molecule has 1 atom stereocenters. The van der Waals surface area contributed by atoms with E-state index in [1.54, 1.807) is 18.2 Å². The normalized spacial score (nSPS) is 12.2. The Labute approximate surface area is 218 Å². The molecule has 1 amide bonds. The molecule has 0 unspecified atom stereocenters. The fraction of sp³-hybridized carbons (Fsp3) is 0.250. The molecule has 2 heterocycles. The number of hydrogen-bond acceptors (Lipinski definition) is 7. The maximum absolute atomic E-state index is 12.8. The summed E-state index contributed by atoms with van der Waals surface area (Å²) in [6.45, 7) is 0.185. The van der Waals surface area contributed by atoms with Crippen molar-refractivity contribution in [2.75, 3.05) is 26.7 Å². The molecule has 0 fully saturated rings. The Bertz CT molecular complexity index is 1500. The van der Waals surface area contributed by atoms with Gasteiger partial charge in [-0.2, -0.15) is 4.31 Å². The minimum atomic E-state index is -4.13. The van der Waals surface area contributed by atoms with Gasteiger partial charge < -0.3 is 26.6 Å². The van der Waals surface area contributed by atoms with Crippen molar-refractivity contribution in [1.82, 2.24) is 14.0 Å². The number of rotatable bonds is 12. The number of nitrogens with two attached hydrogens (primary N) is 2. The maximum Gasteiger partial charge on any atom is 0.323 e. The van der Waals surface area contributed by atoms with Gasteiger partial charge in [-0.25, -0.2) is 8.42 Å². The van der Waals surface area contributed by atoms with Gasteiger partial charge in [0.1, 0.15) is 11.8 Å². The predicted molar refractivity (Wildman–Crippen MR) is 140 cm³/mol. The number of aromatic nitrogens is 1. The number of aliphatic imine (C=N–C) groups is 1. The van der Waals surface area contributed by atoms with Crippen molar-refractivity contribution in [3.8, 4) is 5.75 Å². The molecule has 0 radical (unpaired) electrons. The number of sulfonamides is 1. The van der Waals surface area contributed by atoms with E-state index in [1.165, 1.54) is 40.9 Å².